The van der Waals surface area contributed by atoms with Gasteiger partial charge in [-0.25, -0.2) is 0 Å². The summed E-state index contributed by atoms with van der Waals surface area (Å²) in [4.78, 5) is 11.4. The first-order chi connectivity index (χ1) is 8.74. The Kier molecular flexibility index (Phi) is 4.04. The van der Waals surface area contributed by atoms with Crippen molar-refractivity contribution in [2.24, 2.45) is 0 Å². The van der Waals surface area contributed by atoms with Crippen LogP contribution >= 0.6 is 0 Å². The predicted octanol–water partition coefficient (Wildman–Crippen LogP) is 0.977. The Morgan fingerprint density at radius 3 is 2.67 bits per heavy atom. The van der Waals surface area contributed by atoms with Gasteiger partial charge in [-0.2, -0.15) is 0 Å². The Labute approximate surface area is 106 Å². The first-order valence-electron chi connectivity index (χ1n) is 5.85. The molecule has 5 nitrogen and oxygen atoms in total. The van der Waals surface area contributed by atoms with Crippen molar-refractivity contribution < 1.29 is 19.0 Å². The second-order valence-electron chi connectivity index (χ2n) is 4.11. The summed E-state index contributed by atoms with van der Waals surface area (Å²) in [6.07, 6.45) is 0.551. The molecule has 1 aliphatic rings. The second-order valence-corrected chi connectivity index (χ2v) is 4.11. The summed E-state index contributed by atoms with van der Waals surface area (Å²) in [7, 11) is 2.99. The minimum absolute atomic E-state index is 0.0506. The number of esters is 1. The third-order valence-corrected chi connectivity index (χ3v) is 2.94. The minimum Gasteiger partial charge on any atom is -0.493 e. The maximum Gasteiger partial charge on any atom is 0.323 e. The number of rotatable bonds is 4. The summed E-state index contributed by atoms with van der Waals surface area (Å²) in [6.45, 7) is 0.623. The zero-order valence-electron chi connectivity index (χ0n) is 10.5. The molecule has 0 saturated carbocycles. The topological polar surface area (TPSA) is 56.8 Å². The highest BCUT2D eigenvalue weighted by Gasteiger charge is 2.31. The summed E-state index contributed by atoms with van der Waals surface area (Å²) in [5, 5.41) is 3.07. The minimum atomic E-state index is -0.283. The zero-order valence-corrected chi connectivity index (χ0v) is 10.5. The molecule has 0 radical (unpaired) electrons. The standard InChI is InChI=1S/C13H17NO4/c1-16-11-5-3-4-6-12(11)18-9-7-10(14-8-9)13(15)17-2/h3-6,9-10,14H,7-8H2,1-2H3/t9?,10-/m0/s1. The van der Waals surface area contributed by atoms with Crippen molar-refractivity contribution in [2.45, 2.75) is 18.6 Å². The Morgan fingerprint density at radius 2 is 2.00 bits per heavy atom. The van der Waals surface area contributed by atoms with E-state index in [9.17, 15) is 4.79 Å². The van der Waals surface area contributed by atoms with E-state index in [1.165, 1.54) is 7.11 Å². The molecule has 1 unspecified atom stereocenters. The molecule has 0 aliphatic carbocycles. The van der Waals surface area contributed by atoms with E-state index >= 15 is 0 Å². The molecule has 0 amide bonds. The summed E-state index contributed by atoms with van der Waals surface area (Å²) in [6, 6.07) is 7.18. The fraction of sp³-hybridized carbons (Fsp3) is 0.462. The van der Waals surface area contributed by atoms with Gasteiger partial charge in [-0.1, -0.05) is 12.1 Å². The summed E-state index contributed by atoms with van der Waals surface area (Å²) >= 11 is 0. The highest BCUT2D eigenvalue weighted by molar-refractivity contribution is 5.76. The van der Waals surface area contributed by atoms with Crippen LogP contribution in [0.4, 0.5) is 0 Å². The predicted molar refractivity (Wildman–Crippen MR) is 65.8 cm³/mol. The smallest absolute Gasteiger partial charge is 0.323 e. The van der Waals surface area contributed by atoms with Crippen LogP contribution in [-0.2, 0) is 9.53 Å². The van der Waals surface area contributed by atoms with E-state index in [-0.39, 0.29) is 18.1 Å². The van der Waals surface area contributed by atoms with Gasteiger partial charge < -0.3 is 19.5 Å². The average Bonchev–Trinajstić information content (AvgIpc) is 2.87. The molecule has 1 fully saturated rings. The fourth-order valence-electron chi connectivity index (χ4n) is 2.01. The van der Waals surface area contributed by atoms with E-state index in [1.807, 2.05) is 24.3 Å². The van der Waals surface area contributed by atoms with Crippen LogP contribution < -0.4 is 14.8 Å². The Balaban J connectivity index is 1.97. The van der Waals surface area contributed by atoms with E-state index in [1.54, 1.807) is 7.11 Å². The van der Waals surface area contributed by atoms with Crippen LogP contribution in [0.2, 0.25) is 0 Å². The SMILES string of the molecule is COC(=O)[C@@H]1CC(Oc2ccccc2OC)CN1. The molecule has 18 heavy (non-hydrogen) atoms. The fourth-order valence-corrected chi connectivity index (χ4v) is 2.01. The van der Waals surface area contributed by atoms with Crippen molar-refractivity contribution in [1.29, 1.82) is 0 Å². The summed E-state index contributed by atoms with van der Waals surface area (Å²) in [5.74, 6) is 1.14. The van der Waals surface area contributed by atoms with E-state index in [2.05, 4.69) is 5.32 Å². The number of hydrogen-bond acceptors (Lipinski definition) is 5. The molecule has 2 rings (SSSR count). The molecular weight excluding hydrogens is 234 g/mol. The van der Waals surface area contributed by atoms with Crippen molar-refractivity contribution in [3.8, 4) is 11.5 Å². The van der Waals surface area contributed by atoms with Crippen LogP contribution in [0.1, 0.15) is 6.42 Å². The van der Waals surface area contributed by atoms with Gasteiger partial charge in [0.25, 0.3) is 0 Å². The number of methoxy groups -OCH3 is 2. The van der Waals surface area contributed by atoms with Crippen molar-refractivity contribution in [3.05, 3.63) is 24.3 Å². The second kappa shape index (κ2) is 5.73. The van der Waals surface area contributed by atoms with Crippen molar-refractivity contribution >= 4 is 5.97 Å². The maximum absolute atomic E-state index is 11.4. The first kappa shape index (κ1) is 12.7. The lowest BCUT2D eigenvalue weighted by atomic mass is 10.2. The van der Waals surface area contributed by atoms with Crippen molar-refractivity contribution in [1.82, 2.24) is 5.32 Å². The lowest BCUT2D eigenvalue weighted by Crippen LogP contribution is -2.31. The van der Waals surface area contributed by atoms with E-state index in [4.69, 9.17) is 14.2 Å². The monoisotopic (exact) mass is 251 g/mol. The highest BCUT2D eigenvalue weighted by Crippen LogP contribution is 2.28. The lowest BCUT2D eigenvalue weighted by Gasteiger charge is -2.15. The van der Waals surface area contributed by atoms with Gasteiger partial charge in [-0.05, 0) is 12.1 Å². The van der Waals surface area contributed by atoms with Crippen LogP contribution in [0, 0.1) is 0 Å². The van der Waals surface area contributed by atoms with Gasteiger partial charge >= 0.3 is 5.97 Å². The number of benzene rings is 1. The number of carbonyl (C=O) groups is 1. The Hall–Kier alpha value is -1.75. The summed E-state index contributed by atoms with van der Waals surface area (Å²) in [5.41, 5.74) is 0. The average molecular weight is 251 g/mol. The molecule has 0 bridgehead atoms. The van der Waals surface area contributed by atoms with Crippen molar-refractivity contribution in [2.75, 3.05) is 20.8 Å². The first-order valence-corrected chi connectivity index (χ1v) is 5.85. The van der Waals surface area contributed by atoms with Gasteiger partial charge in [0, 0.05) is 13.0 Å². The summed E-state index contributed by atoms with van der Waals surface area (Å²) < 4.78 is 15.7. The molecule has 98 valence electrons. The number of ether oxygens (including phenoxy) is 3. The van der Waals surface area contributed by atoms with Gasteiger partial charge in [-0.15, -0.1) is 0 Å². The molecule has 1 heterocycles. The largest absolute Gasteiger partial charge is 0.493 e. The highest BCUT2D eigenvalue weighted by atomic mass is 16.5. The van der Waals surface area contributed by atoms with E-state index in [0.717, 1.165) is 0 Å². The Bertz CT molecular complexity index is 421. The van der Waals surface area contributed by atoms with Gasteiger partial charge in [0.05, 0.1) is 14.2 Å². The van der Waals surface area contributed by atoms with Crippen molar-refractivity contribution in [3.63, 3.8) is 0 Å². The van der Waals surface area contributed by atoms with Crippen LogP contribution in [0.3, 0.4) is 0 Å². The zero-order chi connectivity index (χ0) is 13.0. The third-order valence-electron chi connectivity index (χ3n) is 2.94. The number of carbonyl (C=O) groups excluding carboxylic acids is 1. The molecule has 1 aliphatic heterocycles. The van der Waals surface area contributed by atoms with Crippen LogP contribution in [-0.4, -0.2) is 38.9 Å². The molecule has 1 saturated heterocycles. The number of hydrogen-bond donors (Lipinski definition) is 1. The van der Waals surface area contributed by atoms with Gasteiger partial charge in [0.1, 0.15) is 12.1 Å². The van der Waals surface area contributed by atoms with Gasteiger partial charge in [0.15, 0.2) is 11.5 Å². The molecule has 1 N–H and O–H groups in total. The molecular formula is C13H17NO4. The molecule has 0 aromatic heterocycles. The quantitative estimate of drug-likeness (QED) is 0.808. The van der Waals surface area contributed by atoms with Gasteiger partial charge in [-0.3, -0.25) is 4.79 Å². The molecule has 0 spiro atoms. The van der Waals surface area contributed by atoms with Crippen LogP contribution in [0.25, 0.3) is 0 Å². The van der Waals surface area contributed by atoms with E-state index < -0.39 is 0 Å². The normalized spacial score (nSPS) is 22.6. The molecule has 2 atom stereocenters. The Morgan fingerprint density at radius 1 is 1.28 bits per heavy atom. The van der Waals surface area contributed by atoms with E-state index in [0.29, 0.717) is 24.5 Å². The van der Waals surface area contributed by atoms with Crippen LogP contribution in [0.15, 0.2) is 24.3 Å². The van der Waals surface area contributed by atoms with Gasteiger partial charge in [0.2, 0.25) is 0 Å². The molecule has 1 aromatic carbocycles. The van der Waals surface area contributed by atoms with Crippen LogP contribution in [0.5, 0.6) is 11.5 Å². The third kappa shape index (κ3) is 2.73. The lowest BCUT2D eigenvalue weighted by molar-refractivity contribution is -0.142. The molecule has 1 aromatic rings. The number of para-hydroxylation sites is 2. The molecule has 5 heteroatoms. The maximum atomic E-state index is 11.4. The number of nitrogens with one attached hydrogen (secondary N) is 1.